The summed E-state index contributed by atoms with van der Waals surface area (Å²) in [6, 6.07) is -1.14. The number of nitrogens with zero attached hydrogens (tertiary/aromatic N) is 1. The quantitative estimate of drug-likeness (QED) is 0.500. The van der Waals surface area contributed by atoms with Crippen molar-refractivity contribution in [1.29, 1.82) is 0 Å². The van der Waals surface area contributed by atoms with E-state index in [2.05, 4.69) is 0 Å². The van der Waals surface area contributed by atoms with Gasteiger partial charge in [0.25, 0.3) is 0 Å². The molecule has 0 radical (unpaired) electrons. The van der Waals surface area contributed by atoms with Crippen molar-refractivity contribution in [3.05, 3.63) is 10.1 Å². The van der Waals surface area contributed by atoms with Crippen LogP contribution in [0.25, 0.3) is 0 Å². The van der Waals surface area contributed by atoms with Crippen LogP contribution in [0.1, 0.15) is 33.1 Å². The Kier molecular flexibility index (Phi) is 4.87. The fourth-order valence-corrected chi connectivity index (χ4v) is 1.25. The molecule has 0 heterocycles. The number of carbonyl (C=O) groups is 2. The van der Waals surface area contributed by atoms with Crippen LogP contribution in [-0.4, -0.2) is 33.1 Å². The van der Waals surface area contributed by atoms with Crippen molar-refractivity contribution in [1.82, 2.24) is 0 Å². The summed E-state index contributed by atoms with van der Waals surface area (Å²) in [5, 5.41) is 27.9. The third-order valence-electron chi connectivity index (χ3n) is 2.31. The smallest absolute Gasteiger partial charge is 0.309 e. The first-order valence-corrected chi connectivity index (χ1v) is 4.75. The molecular formula is C9H15NO6. The maximum atomic E-state index is 10.8. The first kappa shape index (κ1) is 14.3. The first-order valence-electron chi connectivity index (χ1n) is 4.75. The minimum atomic E-state index is -1.23. The van der Waals surface area contributed by atoms with Crippen molar-refractivity contribution < 1.29 is 24.7 Å². The second-order valence-electron chi connectivity index (χ2n) is 4.26. The van der Waals surface area contributed by atoms with E-state index >= 15 is 0 Å². The van der Waals surface area contributed by atoms with Crippen LogP contribution >= 0.6 is 0 Å². The Morgan fingerprint density at radius 2 is 1.88 bits per heavy atom. The Morgan fingerprint density at radius 3 is 2.19 bits per heavy atom. The standard InChI is InChI=1S/C9H15NO6/c1-9(2,8(13)14)5-6(10(15)16)3-4-7(11)12/h6H,3-5H2,1-2H3,(H,11,12)(H,13,14). The van der Waals surface area contributed by atoms with Crippen molar-refractivity contribution in [2.24, 2.45) is 5.41 Å². The lowest BCUT2D eigenvalue weighted by Gasteiger charge is -2.20. The molecule has 0 aliphatic heterocycles. The van der Waals surface area contributed by atoms with Crippen LogP contribution in [0.4, 0.5) is 0 Å². The Morgan fingerprint density at radius 1 is 1.38 bits per heavy atom. The van der Waals surface area contributed by atoms with Gasteiger partial charge in [0.05, 0.1) is 11.8 Å². The summed E-state index contributed by atoms with van der Waals surface area (Å²) in [5.41, 5.74) is -1.23. The summed E-state index contributed by atoms with van der Waals surface area (Å²) < 4.78 is 0. The number of hydrogen-bond acceptors (Lipinski definition) is 4. The van der Waals surface area contributed by atoms with Gasteiger partial charge in [0.2, 0.25) is 6.04 Å². The van der Waals surface area contributed by atoms with E-state index in [0.29, 0.717) is 0 Å². The van der Waals surface area contributed by atoms with Gasteiger partial charge in [0, 0.05) is 17.8 Å². The van der Waals surface area contributed by atoms with Gasteiger partial charge < -0.3 is 10.2 Å². The van der Waals surface area contributed by atoms with Gasteiger partial charge >= 0.3 is 11.9 Å². The second-order valence-corrected chi connectivity index (χ2v) is 4.26. The predicted octanol–water partition coefficient (Wildman–Crippen LogP) is 0.997. The molecule has 0 saturated heterocycles. The molecule has 0 bridgehead atoms. The molecule has 7 nitrogen and oxygen atoms in total. The Labute approximate surface area is 92.2 Å². The molecule has 0 aliphatic carbocycles. The highest BCUT2D eigenvalue weighted by Gasteiger charge is 2.35. The predicted molar refractivity (Wildman–Crippen MR) is 53.7 cm³/mol. The SMILES string of the molecule is CC(C)(CC(CCC(=O)O)[N+](=O)[O-])C(=O)O. The van der Waals surface area contributed by atoms with Crippen molar-refractivity contribution in [3.8, 4) is 0 Å². The van der Waals surface area contributed by atoms with Crippen LogP contribution in [0.2, 0.25) is 0 Å². The van der Waals surface area contributed by atoms with E-state index in [1.54, 1.807) is 0 Å². The van der Waals surface area contributed by atoms with E-state index in [0.717, 1.165) is 0 Å². The van der Waals surface area contributed by atoms with Crippen LogP contribution in [0.15, 0.2) is 0 Å². The maximum Gasteiger partial charge on any atom is 0.309 e. The molecule has 0 fully saturated rings. The number of carboxylic acid groups (broad SMARTS) is 2. The minimum absolute atomic E-state index is 0.154. The lowest BCUT2D eigenvalue weighted by atomic mass is 9.85. The molecular weight excluding hydrogens is 218 g/mol. The third kappa shape index (κ3) is 4.72. The monoisotopic (exact) mass is 233 g/mol. The summed E-state index contributed by atoms with van der Waals surface area (Å²) in [6.45, 7) is 2.76. The highest BCUT2D eigenvalue weighted by Crippen LogP contribution is 2.25. The van der Waals surface area contributed by atoms with Crippen LogP contribution in [0, 0.1) is 15.5 Å². The molecule has 0 aromatic heterocycles. The van der Waals surface area contributed by atoms with Crippen molar-refractivity contribution in [3.63, 3.8) is 0 Å². The van der Waals surface area contributed by atoms with Gasteiger partial charge in [-0.25, -0.2) is 0 Å². The molecule has 0 aromatic carbocycles. The van der Waals surface area contributed by atoms with E-state index in [1.807, 2.05) is 0 Å². The van der Waals surface area contributed by atoms with Crippen LogP contribution < -0.4 is 0 Å². The van der Waals surface area contributed by atoms with Gasteiger partial charge in [-0.2, -0.15) is 0 Å². The molecule has 1 unspecified atom stereocenters. The zero-order chi connectivity index (χ0) is 12.9. The molecule has 0 saturated carbocycles. The summed E-state index contributed by atoms with van der Waals surface area (Å²) in [4.78, 5) is 31.1. The van der Waals surface area contributed by atoms with Gasteiger partial charge in [-0.1, -0.05) is 0 Å². The highest BCUT2D eigenvalue weighted by molar-refractivity contribution is 5.73. The normalized spacial score (nSPS) is 13.1. The van der Waals surface area contributed by atoms with Gasteiger partial charge in [-0.3, -0.25) is 19.7 Å². The average molecular weight is 233 g/mol. The average Bonchev–Trinajstić information content (AvgIpc) is 2.11. The Balaban J connectivity index is 4.51. The van der Waals surface area contributed by atoms with Gasteiger partial charge in [-0.15, -0.1) is 0 Å². The van der Waals surface area contributed by atoms with Gasteiger partial charge in [0.1, 0.15) is 0 Å². The number of carboxylic acids is 2. The second kappa shape index (κ2) is 5.43. The zero-order valence-electron chi connectivity index (χ0n) is 9.17. The van der Waals surface area contributed by atoms with Crippen LogP contribution in [-0.2, 0) is 9.59 Å². The number of hydrogen-bond donors (Lipinski definition) is 2. The fourth-order valence-electron chi connectivity index (χ4n) is 1.25. The van der Waals surface area contributed by atoms with Gasteiger partial charge in [0.15, 0.2) is 0 Å². The number of nitro groups is 1. The molecule has 0 aliphatic rings. The first-order chi connectivity index (χ1) is 7.16. The highest BCUT2D eigenvalue weighted by atomic mass is 16.6. The number of rotatable bonds is 7. The van der Waals surface area contributed by atoms with Crippen molar-refractivity contribution >= 4 is 11.9 Å². The molecule has 2 N–H and O–H groups in total. The zero-order valence-corrected chi connectivity index (χ0v) is 9.17. The molecule has 7 heteroatoms. The molecule has 0 amide bonds. The van der Waals surface area contributed by atoms with E-state index in [4.69, 9.17) is 10.2 Å². The van der Waals surface area contributed by atoms with E-state index in [1.165, 1.54) is 13.8 Å². The molecule has 92 valence electrons. The largest absolute Gasteiger partial charge is 0.481 e. The molecule has 1 atom stereocenters. The summed E-state index contributed by atoms with van der Waals surface area (Å²) in [6.07, 6.45) is -0.664. The van der Waals surface area contributed by atoms with E-state index < -0.39 is 28.3 Å². The topological polar surface area (TPSA) is 118 Å². The van der Waals surface area contributed by atoms with Crippen LogP contribution in [0.3, 0.4) is 0 Å². The lowest BCUT2D eigenvalue weighted by Crippen LogP contribution is -2.33. The molecule has 0 spiro atoms. The Hall–Kier alpha value is -1.66. The van der Waals surface area contributed by atoms with Gasteiger partial charge in [-0.05, 0) is 13.8 Å². The van der Waals surface area contributed by atoms with Crippen molar-refractivity contribution in [2.45, 2.75) is 39.2 Å². The molecule has 0 aromatic rings. The molecule has 16 heavy (non-hydrogen) atoms. The Bertz CT molecular complexity index is 298. The maximum absolute atomic E-state index is 10.8. The van der Waals surface area contributed by atoms with E-state index in [-0.39, 0.29) is 19.3 Å². The summed E-state index contributed by atoms with van der Waals surface area (Å²) in [7, 11) is 0. The van der Waals surface area contributed by atoms with Crippen LogP contribution in [0.5, 0.6) is 0 Å². The fraction of sp³-hybridized carbons (Fsp3) is 0.778. The number of aliphatic carboxylic acids is 2. The summed E-state index contributed by atoms with van der Waals surface area (Å²) >= 11 is 0. The third-order valence-corrected chi connectivity index (χ3v) is 2.31. The molecule has 0 rings (SSSR count). The summed E-state index contributed by atoms with van der Waals surface area (Å²) in [5.74, 6) is -2.25. The van der Waals surface area contributed by atoms with E-state index in [9.17, 15) is 19.7 Å². The minimum Gasteiger partial charge on any atom is -0.481 e. The lowest BCUT2D eigenvalue weighted by molar-refractivity contribution is -0.526. The van der Waals surface area contributed by atoms with Crippen molar-refractivity contribution in [2.75, 3.05) is 0 Å².